The molecule has 1 aromatic heterocycles. The summed E-state index contributed by atoms with van der Waals surface area (Å²) in [5.41, 5.74) is 1.95. The number of carbonyl (C=O) groups is 1. The number of hydrogen-bond donors (Lipinski definition) is 2. The molecular weight excluding hydrogens is 426 g/mol. The summed E-state index contributed by atoms with van der Waals surface area (Å²) in [6.07, 6.45) is 6.89. The molecule has 172 valence electrons. The van der Waals surface area contributed by atoms with Gasteiger partial charge >= 0.3 is 0 Å². The largest absolute Gasteiger partial charge is 0.372 e. The molecule has 2 aliphatic rings. The maximum Gasteiger partial charge on any atom is 0.243 e. The SMILES string of the molecule is O=C1CCCN1CC1CCCN(S(=O)(=O)c2ccc(NCNCc3cccnc3)cc2)C1. The first kappa shape index (κ1) is 22.7. The number of likely N-dealkylation sites (tertiary alicyclic amines) is 1. The molecule has 32 heavy (non-hydrogen) atoms. The van der Waals surface area contributed by atoms with Crippen LogP contribution in [-0.4, -0.2) is 61.4 Å². The van der Waals surface area contributed by atoms with Crippen molar-refractivity contribution in [3.8, 4) is 0 Å². The maximum absolute atomic E-state index is 13.2. The molecule has 9 heteroatoms. The Morgan fingerprint density at radius 1 is 1.09 bits per heavy atom. The van der Waals surface area contributed by atoms with Gasteiger partial charge < -0.3 is 10.2 Å². The van der Waals surface area contributed by atoms with Gasteiger partial charge in [-0.1, -0.05) is 6.07 Å². The molecule has 1 aromatic carbocycles. The normalized spacial score (nSPS) is 19.9. The second-order valence-corrected chi connectivity index (χ2v) is 10.4. The van der Waals surface area contributed by atoms with Crippen LogP contribution >= 0.6 is 0 Å². The van der Waals surface area contributed by atoms with Gasteiger partial charge in [0.1, 0.15) is 0 Å². The fourth-order valence-corrected chi connectivity index (χ4v) is 5.93. The molecule has 0 bridgehead atoms. The van der Waals surface area contributed by atoms with Crippen molar-refractivity contribution in [2.24, 2.45) is 5.92 Å². The van der Waals surface area contributed by atoms with Gasteiger partial charge in [-0.05, 0) is 61.1 Å². The van der Waals surface area contributed by atoms with Crippen LogP contribution in [0.15, 0.2) is 53.7 Å². The fraction of sp³-hybridized carbons (Fsp3) is 0.478. The van der Waals surface area contributed by atoms with Crippen molar-refractivity contribution in [2.45, 2.75) is 37.1 Å². The highest BCUT2D eigenvalue weighted by Crippen LogP contribution is 2.26. The second kappa shape index (κ2) is 10.4. The summed E-state index contributed by atoms with van der Waals surface area (Å²) in [5, 5.41) is 6.53. The van der Waals surface area contributed by atoms with Crippen LogP contribution in [0.25, 0.3) is 0 Å². The van der Waals surface area contributed by atoms with Gasteiger partial charge in [0.2, 0.25) is 15.9 Å². The van der Waals surface area contributed by atoms with Gasteiger partial charge in [-0.2, -0.15) is 4.31 Å². The van der Waals surface area contributed by atoms with Crippen molar-refractivity contribution in [3.05, 3.63) is 54.4 Å². The third kappa shape index (κ3) is 5.65. The van der Waals surface area contributed by atoms with Crippen LogP contribution in [0, 0.1) is 5.92 Å². The van der Waals surface area contributed by atoms with E-state index in [-0.39, 0.29) is 11.8 Å². The van der Waals surface area contributed by atoms with E-state index in [4.69, 9.17) is 0 Å². The van der Waals surface area contributed by atoms with E-state index in [9.17, 15) is 13.2 Å². The van der Waals surface area contributed by atoms with Crippen molar-refractivity contribution in [1.82, 2.24) is 19.5 Å². The molecule has 2 aromatic rings. The highest BCUT2D eigenvalue weighted by atomic mass is 32.2. The molecule has 1 unspecified atom stereocenters. The number of benzene rings is 1. The van der Waals surface area contributed by atoms with Gasteiger partial charge in [-0.15, -0.1) is 0 Å². The van der Waals surface area contributed by atoms with Crippen LogP contribution in [0.2, 0.25) is 0 Å². The summed E-state index contributed by atoms with van der Waals surface area (Å²) < 4.78 is 27.9. The van der Waals surface area contributed by atoms with E-state index in [1.165, 1.54) is 0 Å². The molecule has 0 radical (unpaired) electrons. The third-order valence-corrected chi connectivity index (χ3v) is 7.97. The number of nitrogens with one attached hydrogen (secondary N) is 2. The van der Waals surface area contributed by atoms with Crippen molar-refractivity contribution in [1.29, 1.82) is 0 Å². The van der Waals surface area contributed by atoms with Crippen LogP contribution in [0.4, 0.5) is 5.69 Å². The lowest BCUT2D eigenvalue weighted by Gasteiger charge is -2.34. The van der Waals surface area contributed by atoms with E-state index < -0.39 is 10.0 Å². The van der Waals surface area contributed by atoms with Crippen molar-refractivity contribution >= 4 is 21.6 Å². The first-order chi connectivity index (χ1) is 15.5. The zero-order chi connectivity index (χ0) is 22.4. The summed E-state index contributed by atoms with van der Waals surface area (Å²) in [4.78, 5) is 18.2. The lowest BCUT2D eigenvalue weighted by Crippen LogP contribution is -2.43. The van der Waals surface area contributed by atoms with E-state index in [2.05, 4.69) is 15.6 Å². The second-order valence-electron chi connectivity index (χ2n) is 8.48. The number of amides is 1. The van der Waals surface area contributed by atoms with Crippen LogP contribution in [-0.2, 0) is 21.4 Å². The lowest BCUT2D eigenvalue weighted by atomic mass is 9.99. The Morgan fingerprint density at radius 3 is 2.66 bits per heavy atom. The van der Waals surface area contributed by atoms with Crippen LogP contribution in [0.1, 0.15) is 31.2 Å². The predicted molar refractivity (Wildman–Crippen MR) is 123 cm³/mol. The zero-order valence-corrected chi connectivity index (χ0v) is 19.1. The van der Waals surface area contributed by atoms with Gasteiger partial charge in [-0.3, -0.25) is 15.1 Å². The first-order valence-corrected chi connectivity index (χ1v) is 12.7. The fourth-order valence-electron chi connectivity index (χ4n) is 4.37. The highest BCUT2D eigenvalue weighted by molar-refractivity contribution is 7.89. The Balaban J connectivity index is 1.29. The summed E-state index contributed by atoms with van der Waals surface area (Å²) in [6.45, 7) is 3.74. The average Bonchev–Trinajstić information content (AvgIpc) is 3.22. The standard InChI is InChI=1S/C23H31N5O3S/c29-23-6-3-12-27(23)16-20-5-2-13-28(17-20)32(30,31)22-9-7-21(8-10-22)26-18-25-15-19-4-1-11-24-14-19/h1,4,7-11,14,20,25-26H,2-3,5-6,12-13,15-18H2. The minimum absolute atomic E-state index is 0.197. The molecule has 0 aliphatic carbocycles. The number of carbonyl (C=O) groups excluding carboxylic acids is 1. The number of aromatic nitrogens is 1. The first-order valence-electron chi connectivity index (χ1n) is 11.2. The van der Waals surface area contributed by atoms with E-state index in [0.717, 1.165) is 37.1 Å². The predicted octanol–water partition coefficient (Wildman–Crippen LogP) is 2.26. The monoisotopic (exact) mass is 457 g/mol. The number of nitrogens with zero attached hydrogens (tertiary/aromatic N) is 3. The van der Waals surface area contributed by atoms with Crippen LogP contribution < -0.4 is 10.6 Å². The number of pyridine rings is 1. The highest BCUT2D eigenvalue weighted by Gasteiger charge is 2.32. The van der Waals surface area contributed by atoms with Crippen molar-refractivity contribution < 1.29 is 13.2 Å². The molecule has 2 saturated heterocycles. The molecule has 2 N–H and O–H groups in total. The summed E-state index contributed by atoms with van der Waals surface area (Å²) >= 11 is 0. The Morgan fingerprint density at radius 2 is 1.94 bits per heavy atom. The van der Waals surface area contributed by atoms with E-state index in [0.29, 0.717) is 44.2 Å². The van der Waals surface area contributed by atoms with Gasteiger partial charge in [0.05, 0.1) is 11.6 Å². The Labute approximate surface area is 190 Å². The molecule has 2 aliphatic heterocycles. The summed E-state index contributed by atoms with van der Waals surface area (Å²) in [7, 11) is -3.54. The molecule has 0 saturated carbocycles. The number of anilines is 1. The Kier molecular flexibility index (Phi) is 7.39. The van der Waals surface area contributed by atoms with Crippen molar-refractivity contribution in [3.63, 3.8) is 0 Å². The number of hydrogen-bond acceptors (Lipinski definition) is 6. The van der Waals surface area contributed by atoms with E-state index in [1.54, 1.807) is 34.8 Å². The Hall–Kier alpha value is -2.49. The summed E-state index contributed by atoms with van der Waals surface area (Å²) in [5.74, 6) is 0.399. The minimum Gasteiger partial charge on any atom is -0.372 e. The number of sulfonamides is 1. The molecule has 4 rings (SSSR count). The smallest absolute Gasteiger partial charge is 0.243 e. The van der Waals surface area contributed by atoms with Crippen molar-refractivity contribution in [2.75, 3.05) is 38.2 Å². The van der Waals surface area contributed by atoms with Gasteiger partial charge in [0.25, 0.3) is 0 Å². The third-order valence-electron chi connectivity index (χ3n) is 6.09. The average molecular weight is 458 g/mol. The number of piperidine rings is 1. The molecule has 1 amide bonds. The molecule has 0 spiro atoms. The van der Waals surface area contributed by atoms with E-state index >= 15 is 0 Å². The minimum atomic E-state index is -3.54. The molecule has 8 nitrogen and oxygen atoms in total. The van der Waals surface area contributed by atoms with Gasteiger partial charge in [0.15, 0.2) is 0 Å². The van der Waals surface area contributed by atoms with Gasteiger partial charge in [0, 0.05) is 57.2 Å². The quantitative estimate of drug-likeness (QED) is 0.443. The molecule has 2 fully saturated rings. The Bertz CT molecular complexity index is 998. The topological polar surface area (TPSA) is 94.6 Å². The number of rotatable bonds is 9. The lowest BCUT2D eigenvalue weighted by molar-refractivity contribution is -0.128. The van der Waals surface area contributed by atoms with Gasteiger partial charge in [-0.25, -0.2) is 8.42 Å². The summed E-state index contributed by atoms with van der Waals surface area (Å²) in [6, 6.07) is 10.8. The van der Waals surface area contributed by atoms with Crippen LogP contribution in [0.5, 0.6) is 0 Å². The zero-order valence-electron chi connectivity index (χ0n) is 18.2. The molecule has 1 atom stereocenters. The molecular formula is C23H31N5O3S. The molecule has 3 heterocycles. The maximum atomic E-state index is 13.2. The van der Waals surface area contributed by atoms with Crippen LogP contribution in [0.3, 0.4) is 0 Å². The van der Waals surface area contributed by atoms with E-state index in [1.807, 2.05) is 23.2 Å².